The summed E-state index contributed by atoms with van der Waals surface area (Å²) in [5.41, 5.74) is 1.65. The first kappa shape index (κ1) is 16.0. The lowest BCUT2D eigenvalue weighted by Gasteiger charge is -2.08. The Morgan fingerprint density at radius 3 is 2.64 bits per heavy atom. The minimum absolute atomic E-state index is 0.0133. The van der Waals surface area contributed by atoms with Gasteiger partial charge in [-0.15, -0.1) is 0 Å². The summed E-state index contributed by atoms with van der Waals surface area (Å²) in [6.45, 7) is 1.62. The highest BCUT2D eigenvalue weighted by atomic mass is 35.5. The first-order valence-corrected chi connectivity index (χ1v) is 6.93. The molecule has 2 amide bonds. The maximum Gasteiger partial charge on any atom is 0.251 e. The van der Waals surface area contributed by atoms with Crippen LogP contribution in [0.3, 0.4) is 0 Å². The molecule has 0 spiro atoms. The van der Waals surface area contributed by atoms with Crippen LogP contribution in [0.5, 0.6) is 0 Å². The Morgan fingerprint density at radius 2 is 1.95 bits per heavy atom. The first-order chi connectivity index (χ1) is 10.5. The van der Waals surface area contributed by atoms with Crippen LogP contribution in [-0.2, 0) is 11.3 Å². The Balaban J connectivity index is 2.02. The molecule has 2 aromatic rings. The lowest BCUT2D eigenvalue weighted by molar-refractivity contribution is -0.114. The van der Waals surface area contributed by atoms with Gasteiger partial charge >= 0.3 is 0 Å². The van der Waals surface area contributed by atoms with E-state index in [0.29, 0.717) is 16.8 Å². The first-order valence-electron chi connectivity index (χ1n) is 6.55. The fraction of sp³-hybridized carbons (Fsp3) is 0.125. The zero-order chi connectivity index (χ0) is 16.1. The predicted octanol–water partition coefficient (Wildman–Crippen LogP) is 3.37. The smallest absolute Gasteiger partial charge is 0.251 e. The van der Waals surface area contributed by atoms with Gasteiger partial charge in [0.05, 0.1) is 5.02 Å². The monoisotopic (exact) mass is 320 g/mol. The van der Waals surface area contributed by atoms with E-state index in [0.717, 1.165) is 0 Å². The third kappa shape index (κ3) is 4.30. The van der Waals surface area contributed by atoms with Crippen molar-refractivity contribution in [3.8, 4) is 0 Å². The number of rotatable bonds is 4. The van der Waals surface area contributed by atoms with Crippen molar-refractivity contribution < 1.29 is 14.0 Å². The third-order valence-corrected chi connectivity index (χ3v) is 3.17. The van der Waals surface area contributed by atoms with E-state index in [1.54, 1.807) is 30.3 Å². The van der Waals surface area contributed by atoms with Crippen LogP contribution in [0.2, 0.25) is 5.02 Å². The van der Waals surface area contributed by atoms with Gasteiger partial charge in [0.25, 0.3) is 5.91 Å². The van der Waals surface area contributed by atoms with Gasteiger partial charge in [0, 0.05) is 24.7 Å². The Bertz CT molecular complexity index is 719. The Kier molecular flexibility index (Phi) is 5.12. The van der Waals surface area contributed by atoms with Gasteiger partial charge in [-0.05, 0) is 35.9 Å². The minimum atomic E-state index is -0.500. The summed E-state index contributed by atoms with van der Waals surface area (Å²) >= 11 is 5.69. The molecule has 0 heterocycles. The molecular formula is C16H14ClFN2O2. The number of benzene rings is 2. The molecule has 2 N–H and O–H groups in total. The second-order valence-corrected chi connectivity index (χ2v) is 5.10. The normalized spacial score (nSPS) is 10.1. The van der Waals surface area contributed by atoms with E-state index >= 15 is 0 Å². The van der Waals surface area contributed by atoms with Crippen molar-refractivity contribution in [1.29, 1.82) is 0 Å². The predicted molar refractivity (Wildman–Crippen MR) is 83.3 cm³/mol. The lowest BCUT2D eigenvalue weighted by atomic mass is 10.1. The number of halogens is 2. The molecule has 0 unspecified atom stereocenters. The summed E-state index contributed by atoms with van der Waals surface area (Å²) in [6.07, 6.45) is 0. The zero-order valence-corrected chi connectivity index (χ0v) is 12.6. The number of hydrogen-bond acceptors (Lipinski definition) is 2. The zero-order valence-electron chi connectivity index (χ0n) is 11.8. The highest BCUT2D eigenvalue weighted by molar-refractivity contribution is 6.30. The van der Waals surface area contributed by atoms with E-state index in [1.807, 2.05) is 0 Å². The van der Waals surface area contributed by atoms with Crippen molar-refractivity contribution in [3.05, 3.63) is 64.4 Å². The number of carbonyl (C=O) groups excluding carboxylic acids is 2. The van der Waals surface area contributed by atoms with Gasteiger partial charge in [-0.2, -0.15) is 0 Å². The number of nitrogens with one attached hydrogen (secondary N) is 2. The Morgan fingerprint density at radius 1 is 1.18 bits per heavy atom. The van der Waals surface area contributed by atoms with Gasteiger partial charge < -0.3 is 10.6 Å². The van der Waals surface area contributed by atoms with Crippen LogP contribution in [0.4, 0.5) is 10.1 Å². The van der Waals surface area contributed by atoms with Crippen LogP contribution in [0.1, 0.15) is 22.8 Å². The van der Waals surface area contributed by atoms with E-state index in [-0.39, 0.29) is 23.4 Å². The Labute approximate surface area is 132 Å². The summed E-state index contributed by atoms with van der Waals surface area (Å²) < 4.78 is 13.1. The van der Waals surface area contributed by atoms with Crippen molar-refractivity contribution >= 4 is 29.1 Å². The van der Waals surface area contributed by atoms with Crippen LogP contribution in [0, 0.1) is 5.82 Å². The summed E-state index contributed by atoms with van der Waals surface area (Å²) in [6, 6.07) is 10.8. The van der Waals surface area contributed by atoms with Gasteiger partial charge in [0.2, 0.25) is 5.91 Å². The average molecular weight is 321 g/mol. The van der Waals surface area contributed by atoms with Crippen LogP contribution in [0.15, 0.2) is 42.5 Å². The second kappa shape index (κ2) is 7.04. The van der Waals surface area contributed by atoms with Gasteiger partial charge in [-0.3, -0.25) is 9.59 Å². The van der Waals surface area contributed by atoms with Crippen molar-refractivity contribution in [2.45, 2.75) is 13.5 Å². The highest BCUT2D eigenvalue weighted by Gasteiger charge is 2.07. The van der Waals surface area contributed by atoms with E-state index in [2.05, 4.69) is 10.6 Å². The van der Waals surface area contributed by atoms with Gasteiger partial charge in [0.1, 0.15) is 5.82 Å². The van der Waals surface area contributed by atoms with E-state index < -0.39 is 5.82 Å². The number of amides is 2. The molecule has 0 aliphatic heterocycles. The minimum Gasteiger partial charge on any atom is -0.348 e. The molecule has 0 aromatic heterocycles. The molecule has 0 radical (unpaired) electrons. The second-order valence-electron chi connectivity index (χ2n) is 4.69. The Hall–Kier alpha value is -2.40. The third-order valence-electron chi connectivity index (χ3n) is 2.88. The molecule has 0 bridgehead atoms. The van der Waals surface area contributed by atoms with Gasteiger partial charge in [-0.1, -0.05) is 23.7 Å². The molecule has 0 saturated carbocycles. The summed E-state index contributed by atoms with van der Waals surface area (Å²) in [5.74, 6) is -1.01. The fourth-order valence-electron chi connectivity index (χ4n) is 1.88. The van der Waals surface area contributed by atoms with Crippen molar-refractivity contribution in [2.24, 2.45) is 0 Å². The SMILES string of the molecule is CC(=O)Nc1cccc(C(=O)NCc2ccc(F)c(Cl)c2)c1. The van der Waals surface area contributed by atoms with Crippen LogP contribution in [-0.4, -0.2) is 11.8 Å². The largest absolute Gasteiger partial charge is 0.348 e. The molecule has 2 aromatic carbocycles. The fourth-order valence-corrected chi connectivity index (χ4v) is 2.08. The molecule has 6 heteroatoms. The quantitative estimate of drug-likeness (QED) is 0.907. The molecule has 4 nitrogen and oxygen atoms in total. The molecule has 2 rings (SSSR count). The molecule has 114 valence electrons. The molecule has 0 saturated heterocycles. The maximum absolute atomic E-state index is 13.1. The van der Waals surface area contributed by atoms with E-state index in [1.165, 1.54) is 19.1 Å². The lowest BCUT2D eigenvalue weighted by Crippen LogP contribution is -2.23. The van der Waals surface area contributed by atoms with Crippen molar-refractivity contribution in [1.82, 2.24) is 5.32 Å². The molecule has 0 aliphatic carbocycles. The highest BCUT2D eigenvalue weighted by Crippen LogP contribution is 2.16. The van der Waals surface area contributed by atoms with Crippen molar-refractivity contribution in [3.63, 3.8) is 0 Å². The maximum atomic E-state index is 13.1. The molecular weight excluding hydrogens is 307 g/mol. The van der Waals surface area contributed by atoms with Crippen LogP contribution < -0.4 is 10.6 Å². The van der Waals surface area contributed by atoms with E-state index in [9.17, 15) is 14.0 Å². The van der Waals surface area contributed by atoms with E-state index in [4.69, 9.17) is 11.6 Å². The molecule has 22 heavy (non-hydrogen) atoms. The number of hydrogen-bond donors (Lipinski definition) is 2. The summed E-state index contributed by atoms with van der Waals surface area (Å²) in [4.78, 5) is 23.1. The summed E-state index contributed by atoms with van der Waals surface area (Å²) in [5, 5.41) is 5.33. The average Bonchev–Trinajstić information content (AvgIpc) is 2.48. The molecule has 0 atom stereocenters. The standard InChI is InChI=1S/C16H14ClFN2O2/c1-10(21)20-13-4-2-3-12(8-13)16(22)19-9-11-5-6-15(18)14(17)7-11/h2-8H,9H2,1H3,(H,19,22)(H,20,21). The molecule has 0 aliphatic rings. The van der Waals surface area contributed by atoms with Gasteiger partial charge in [-0.25, -0.2) is 4.39 Å². The van der Waals surface area contributed by atoms with Crippen LogP contribution >= 0.6 is 11.6 Å². The molecule has 0 fully saturated rings. The van der Waals surface area contributed by atoms with Crippen LogP contribution in [0.25, 0.3) is 0 Å². The topological polar surface area (TPSA) is 58.2 Å². The summed E-state index contributed by atoms with van der Waals surface area (Å²) in [7, 11) is 0. The number of anilines is 1. The van der Waals surface area contributed by atoms with Gasteiger partial charge in [0.15, 0.2) is 0 Å². The number of carbonyl (C=O) groups is 2. The van der Waals surface area contributed by atoms with Crippen molar-refractivity contribution in [2.75, 3.05) is 5.32 Å².